The maximum absolute atomic E-state index is 15.3. The Morgan fingerprint density at radius 1 is 1.25 bits per heavy atom. The van der Waals surface area contributed by atoms with E-state index in [1.807, 2.05) is 0 Å². The summed E-state index contributed by atoms with van der Waals surface area (Å²) in [6.07, 6.45) is -0.941. The number of nitrogens with zero attached hydrogens (tertiary/aromatic N) is 3. The molecule has 15 heteroatoms. The number of hydrogen-bond donors (Lipinski definition) is 4. The average molecular weight is 591 g/mol. The highest BCUT2D eigenvalue weighted by atomic mass is 32.3. The standard InChI is InChI=1S/C25H31F5N6O3S/c1-23(2)22(31)36-24(3,17-6-4-5-11-33-40(17,23)38)19-15(26)8-10-18(34-19)35-20(37)16-9-7-14(12-32-16)39-13-25(29,30)21(27)28/h7-10,12,17,21,40H,4-6,11,13H2,1-3H3,(H2,31,36)(H,33,38)(H,34,35,37)/t17-,24?/m1/s1. The van der Waals surface area contributed by atoms with Crippen LogP contribution in [0.1, 0.15) is 56.2 Å². The van der Waals surface area contributed by atoms with Crippen LogP contribution in [0.15, 0.2) is 35.5 Å². The minimum absolute atomic E-state index is 0.0451. The molecule has 1 fully saturated rings. The normalized spacial score (nSPS) is 24.8. The summed E-state index contributed by atoms with van der Waals surface area (Å²) in [4.78, 5) is 25.6. The van der Waals surface area contributed by atoms with Gasteiger partial charge >= 0.3 is 12.3 Å². The first-order valence-corrected chi connectivity index (χ1v) is 14.3. The number of halogens is 5. The molecule has 220 valence electrons. The summed E-state index contributed by atoms with van der Waals surface area (Å²) >= 11 is 0. The van der Waals surface area contributed by atoms with E-state index in [1.165, 1.54) is 6.07 Å². The second kappa shape index (κ2) is 10.7. The number of hydrogen-bond acceptors (Lipinski definition) is 7. The molecule has 1 unspecified atom stereocenters. The van der Waals surface area contributed by atoms with Crippen LogP contribution in [0, 0.1) is 5.82 Å². The lowest BCUT2D eigenvalue weighted by Crippen LogP contribution is -2.67. The van der Waals surface area contributed by atoms with E-state index in [9.17, 15) is 26.6 Å². The Hall–Kier alpha value is -3.20. The maximum atomic E-state index is 15.3. The number of nitrogens with two attached hydrogens (primary N) is 1. The van der Waals surface area contributed by atoms with Crippen molar-refractivity contribution in [3.8, 4) is 5.75 Å². The van der Waals surface area contributed by atoms with Crippen molar-refractivity contribution in [1.82, 2.24) is 14.7 Å². The third-order valence-electron chi connectivity index (χ3n) is 7.44. The number of carbonyl (C=O) groups excluding carboxylic acids is 1. The lowest BCUT2D eigenvalue weighted by atomic mass is 9.88. The molecule has 9 nitrogen and oxygen atoms in total. The summed E-state index contributed by atoms with van der Waals surface area (Å²) < 4.78 is 87.3. The molecule has 40 heavy (non-hydrogen) atoms. The molecule has 2 aromatic rings. The van der Waals surface area contributed by atoms with E-state index in [4.69, 9.17) is 5.73 Å². The van der Waals surface area contributed by atoms with E-state index in [2.05, 4.69) is 29.7 Å². The number of anilines is 1. The van der Waals surface area contributed by atoms with Crippen LogP contribution in [0.2, 0.25) is 0 Å². The monoisotopic (exact) mass is 590 g/mol. The van der Waals surface area contributed by atoms with Gasteiger partial charge in [0, 0.05) is 6.54 Å². The van der Waals surface area contributed by atoms with Gasteiger partial charge in [-0.15, -0.1) is 0 Å². The van der Waals surface area contributed by atoms with Crippen molar-refractivity contribution in [2.24, 2.45) is 10.7 Å². The van der Waals surface area contributed by atoms with Gasteiger partial charge in [-0.3, -0.25) is 18.7 Å². The van der Waals surface area contributed by atoms with Gasteiger partial charge in [0.2, 0.25) is 0 Å². The zero-order valence-corrected chi connectivity index (χ0v) is 23.0. The van der Waals surface area contributed by atoms with Gasteiger partial charge in [0.1, 0.15) is 40.1 Å². The van der Waals surface area contributed by atoms with Gasteiger partial charge in [0.15, 0.2) is 6.61 Å². The Morgan fingerprint density at radius 2 is 1.98 bits per heavy atom. The molecule has 4 rings (SSSR count). The van der Waals surface area contributed by atoms with Gasteiger partial charge in [0.05, 0.1) is 16.2 Å². The minimum atomic E-state index is -4.35. The number of amides is 1. The summed E-state index contributed by atoms with van der Waals surface area (Å²) in [7, 11) is -3.25. The number of rotatable bonds is 7. The molecular formula is C25H31F5N6O3S. The number of alkyl halides is 4. The van der Waals surface area contributed by atoms with E-state index >= 15 is 4.39 Å². The van der Waals surface area contributed by atoms with E-state index in [0.717, 1.165) is 37.2 Å². The number of thiol groups is 1. The van der Waals surface area contributed by atoms with Crippen molar-refractivity contribution < 1.29 is 35.7 Å². The highest BCUT2D eigenvalue weighted by Crippen LogP contribution is 2.47. The molecule has 4 heterocycles. The summed E-state index contributed by atoms with van der Waals surface area (Å²) in [5, 5.41) is 1.88. The van der Waals surface area contributed by atoms with Crippen molar-refractivity contribution in [2.75, 3.05) is 18.5 Å². The van der Waals surface area contributed by atoms with Crippen molar-refractivity contribution in [3.63, 3.8) is 0 Å². The number of aliphatic imine (C=N–C) groups is 1. The fraction of sp³-hybridized carbons (Fsp3) is 0.520. The molecular weight excluding hydrogens is 559 g/mol. The zero-order chi connectivity index (χ0) is 29.5. The predicted octanol–water partition coefficient (Wildman–Crippen LogP) is 3.59. The Kier molecular flexibility index (Phi) is 7.93. The van der Waals surface area contributed by atoms with Gasteiger partial charge in [-0.05, 0) is 68.0 Å². The molecule has 2 aromatic heterocycles. The molecule has 0 radical (unpaired) electrons. The lowest BCUT2D eigenvalue weighted by Gasteiger charge is -2.53. The smallest absolute Gasteiger partial charge is 0.340 e. The van der Waals surface area contributed by atoms with Crippen LogP contribution in [-0.4, -0.2) is 61.4 Å². The molecule has 0 aliphatic carbocycles. The second-order valence-electron chi connectivity index (χ2n) is 10.5. The molecule has 1 saturated heterocycles. The summed E-state index contributed by atoms with van der Waals surface area (Å²) in [5.41, 5.74) is 4.61. The van der Waals surface area contributed by atoms with Crippen molar-refractivity contribution in [2.45, 2.75) is 67.9 Å². The minimum Gasteiger partial charge on any atom is -0.485 e. The number of aromatic nitrogens is 2. The summed E-state index contributed by atoms with van der Waals surface area (Å²) in [6.45, 7) is 4.11. The molecule has 1 amide bonds. The highest BCUT2D eigenvalue weighted by Gasteiger charge is 2.57. The number of fused-ring (bicyclic) bond motifs is 1. The van der Waals surface area contributed by atoms with Gasteiger partial charge in [0.25, 0.3) is 5.91 Å². The summed E-state index contributed by atoms with van der Waals surface area (Å²) in [6, 6.07) is 4.59. The zero-order valence-electron chi connectivity index (χ0n) is 22.1. The van der Waals surface area contributed by atoms with Crippen LogP contribution in [0.3, 0.4) is 0 Å². The molecule has 0 spiro atoms. The van der Waals surface area contributed by atoms with Gasteiger partial charge in [-0.25, -0.2) is 23.1 Å². The van der Waals surface area contributed by atoms with Crippen LogP contribution in [0.5, 0.6) is 5.75 Å². The van der Waals surface area contributed by atoms with Gasteiger partial charge in [-0.2, -0.15) is 8.78 Å². The Morgan fingerprint density at radius 3 is 2.62 bits per heavy atom. The molecule has 0 aromatic carbocycles. The SMILES string of the molecule is CC1(c2nc(NC(=O)c3ccc(OCC(F)(F)C(F)F)cn3)ccc2F)N=C(N)C(C)(C)[SH]2(=O)NCCCC[C@H]12. The number of pyridine rings is 2. The third kappa shape index (κ3) is 5.28. The fourth-order valence-electron chi connectivity index (χ4n) is 4.95. The summed E-state index contributed by atoms with van der Waals surface area (Å²) in [5.74, 6) is -6.01. The Labute approximate surface area is 228 Å². The molecule has 4 N–H and O–H groups in total. The first-order valence-electron chi connectivity index (χ1n) is 12.6. The number of nitrogens with one attached hydrogen (secondary N) is 2. The maximum Gasteiger partial charge on any atom is 0.340 e. The lowest BCUT2D eigenvalue weighted by molar-refractivity contribution is -0.148. The molecule has 0 saturated carbocycles. The van der Waals surface area contributed by atoms with E-state index < -0.39 is 56.3 Å². The Balaban J connectivity index is 1.59. The van der Waals surface area contributed by atoms with Crippen LogP contribution >= 0.6 is 0 Å². The van der Waals surface area contributed by atoms with E-state index in [0.29, 0.717) is 13.0 Å². The van der Waals surface area contributed by atoms with Crippen molar-refractivity contribution >= 4 is 27.7 Å². The number of ether oxygens (including phenoxy) is 1. The van der Waals surface area contributed by atoms with E-state index in [-0.39, 0.29) is 28.8 Å². The molecule has 2 atom stereocenters. The fourth-order valence-corrected chi connectivity index (χ4v) is 8.66. The predicted molar refractivity (Wildman–Crippen MR) is 141 cm³/mol. The van der Waals surface area contributed by atoms with E-state index in [1.54, 1.807) is 20.8 Å². The molecule has 2 aliphatic heterocycles. The van der Waals surface area contributed by atoms with Crippen LogP contribution in [0.25, 0.3) is 0 Å². The largest absolute Gasteiger partial charge is 0.485 e. The second-order valence-corrected chi connectivity index (χ2v) is 13.9. The van der Waals surface area contributed by atoms with Crippen LogP contribution in [0.4, 0.5) is 27.8 Å². The van der Waals surface area contributed by atoms with Crippen molar-refractivity contribution in [3.05, 3.63) is 47.7 Å². The quantitative estimate of drug-likeness (QED) is 0.288. The first-order chi connectivity index (χ1) is 18.6. The van der Waals surface area contributed by atoms with Crippen LogP contribution in [-0.2, 0) is 15.7 Å². The van der Waals surface area contributed by atoms with Gasteiger partial charge < -0.3 is 15.8 Å². The number of amidine groups is 1. The number of carbonyl (C=O) groups is 1. The van der Waals surface area contributed by atoms with Crippen molar-refractivity contribution in [1.29, 1.82) is 0 Å². The average Bonchev–Trinajstić information content (AvgIpc) is 3.11. The molecule has 0 bridgehead atoms. The highest BCUT2D eigenvalue weighted by molar-refractivity contribution is 8.03. The molecule has 2 aliphatic rings. The van der Waals surface area contributed by atoms with Crippen LogP contribution < -0.4 is 20.5 Å². The Bertz CT molecular complexity index is 1360. The third-order valence-corrected chi connectivity index (χ3v) is 11.7. The van der Waals surface area contributed by atoms with Gasteiger partial charge in [-0.1, -0.05) is 6.42 Å². The first kappa shape index (κ1) is 29.8. The topological polar surface area (TPSA) is 132 Å².